The molecule has 2 aliphatic heterocycles. The molecule has 348 valence electrons. The van der Waals surface area contributed by atoms with E-state index in [0.29, 0.717) is 0 Å². The van der Waals surface area contributed by atoms with Crippen LogP contribution in [0, 0.1) is 20.8 Å². The van der Waals surface area contributed by atoms with Crippen LogP contribution in [-0.4, -0.2) is 11.3 Å². The van der Waals surface area contributed by atoms with Crippen molar-refractivity contribution in [2.45, 2.75) is 119 Å². The van der Waals surface area contributed by atoms with Crippen molar-refractivity contribution >= 4 is 79.0 Å². The minimum absolute atomic E-state index is 0.00442. The minimum atomic E-state index is -0.311. The Kier molecular flexibility index (Phi) is 9.44. The van der Waals surface area contributed by atoms with Gasteiger partial charge in [0.15, 0.2) is 0 Å². The van der Waals surface area contributed by atoms with E-state index in [4.69, 9.17) is 0 Å². The molecule has 70 heavy (non-hydrogen) atoms. The number of aryl methyl sites for hydroxylation is 3. The lowest BCUT2D eigenvalue weighted by molar-refractivity contribution is 0.590. The highest BCUT2D eigenvalue weighted by atomic mass is 15.2. The van der Waals surface area contributed by atoms with Gasteiger partial charge in [-0.1, -0.05) is 166 Å². The van der Waals surface area contributed by atoms with Gasteiger partial charge in [0.25, 0.3) is 6.71 Å². The van der Waals surface area contributed by atoms with E-state index in [9.17, 15) is 0 Å². The Morgan fingerprint density at radius 3 is 1.50 bits per heavy atom. The summed E-state index contributed by atoms with van der Waals surface area (Å²) in [6.07, 6.45) is 0. The molecule has 1 aliphatic carbocycles. The van der Waals surface area contributed by atoms with Crippen molar-refractivity contribution in [3.05, 3.63) is 190 Å². The summed E-state index contributed by atoms with van der Waals surface area (Å²) in [5, 5.41) is 2.58. The van der Waals surface area contributed by atoms with Crippen molar-refractivity contribution < 1.29 is 0 Å². The molecule has 4 heteroatoms. The monoisotopic (exact) mass is 912 g/mol. The van der Waals surface area contributed by atoms with Gasteiger partial charge in [-0.15, -0.1) is 0 Å². The number of aromatic nitrogens is 1. The average Bonchev–Trinajstić information content (AvgIpc) is 3.73. The fourth-order valence-corrected chi connectivity index (χ4v) is 12.5. The maximum absolute atomic E-state index is 2.68. The maximum atomic E-state index is 2.68. The number of anilines is 6. The third kappa shape index (κ3) is 6.47. The molecular weight excluding hydrogens is 846 g/mol. The number of benzene rings is 8. The molecule has 0 N–H and O–H groups in total. The molecule has 0 bridgehead atoms. The van der Waals surface area contributed by atoms with Crippen LogP contribution in [0.4, 0.5) is 34.1 Å². The van der Waals surface area contributed by atoms with Crippen LogP contribution in [0.15, 0.2) is 146 Å². The van der Waals surface area contributed by atoms with E-state index >= 15 is 0 Å². The Morgan fingerprint density at radius 1 is 0.429 bits per heavy atom. The van der Waals surface area contributed by atoms with Gasteiger partial charge in [0, 0.05) is 44.6 Å². The zero-order valence-electron chi connectivity index (χ0n) is 43.8. The summed E-state index contributed by atoms with van der Waals surface area (Å²) in [4.78, 5) is 5.26. The fourth-order valence-electron chi connectivity index (χ4n) is 12.5. The van der Waals surface area contributed by atoms with E-state index < -0.39 is 0 Å². The highest BCUT2D eigenvalue weighted by Crippen LogP contribution is 2.57. The number of nitrogens with zero attached hydrogens (tertiary/aromatic N) is 3. The van der Waals surface area contributed by atoms with Gasteiger partial charge in [-0.2, -0.15) is 0 Å². The smallest absolute Gasteiger partial charge is 0.252 e. The Balaban J connectivity index is 1.29. The SMILES string of the molecule is Cc1cc2c3c(c1)N(c1ccc(C(C)(C)C)cc1)c1c(cc4c(c1-n1c5ccc(C)cc5c5cc(C)ccc51)C(C)(C)c1ccccc1-4)B3c1cc(C(C)(C)C)ccc1N2c1ccc(C(C)(C)C)cc1. The summed E-state index contributed by atoms with van der Waals surface area (Å²) in [6, 6.07) is 57.3. The Morgan fingerprint density at radius 2 is 0.943 bits per heavy atom. The molecule has 3 aliphatic rings. The molecule has 9 aromatic rings. The van der Waals surface area contributed by atoms with E-state index in [2.05, 4.69) is 257 Å². The van der Waals surface area contributed by atoms with Crippen LogP contribution in [0.25, 0.3) is 38.6 Å². The lowest BCUT2D eigenvalue weighted by atomic mass is 9.33. The molecule has 0 amide bonds. The van der Waals surface area contributed by atoms with Gasteiger partial charge in [-0.05, 0) is 165 Å². The van der Waals surface area contributed by atoms with Gasteiger partial charge in [-0.25, -0.2) is 0 Å². The zero-order valence-corrected chi connectivity index (χ0v) is 43.8. The second-order valence-electron chi connectivity index (χ2n) is 24.6. The first-order valence-corrected chi connectivity index (χ1v) is 25.5. The molecule has 0 unspecified atom stereocenters. The zero-order chi connectivity index (χ0) is 49.1. The van der Waals surface area contributed by atoms with E-state index in [1.807, 2.05) is 0 Å². The molecule has 0 spiro atoms. The van der Waals surface area contributed by atoms with Crippen LogP contribution in [0.2, 0.25) is 0 Å². The quantitative estimate of drug-likeness (QED) is 0.164. The number of hydrogen-bond acceptors (Lipinski definition) is 2. The summed E-state index contributed by atoms with van der Waals surface area (Å²) in [6.45, 7) is 32.6. The van der Waals surface area contributed by atoms with Crippen molar-refractivity contribution in [3.63, 3.8) is 0 Å². The second kappa shape index (κ2) is 14.9. The second-order valence-corrected chi connectivity index (χ2v) is 24.6. The molecule has 12 rings (SSSR count). The Hall–Kier alpha value is -6.78. The lowest BCUT2D eigenvalue weighted by Crippen LogP contribution is -2.62. The summed E-state index contributed by atoms with van der Waals surface area (Å²) in [7, 11) is 0. The van der Waals surface area contributed by atoms with Crippen LogP contribution in [0.1, 0.15) is 121 Å². The van der Waals surface area contributed by atoms with Gasteiger partial charge >= 0.3 is 0 Å². The molecule has 1 aromatic heterocycles. The normalized spacial score (nSPS) is 14.7. The molecular formula is C66H66BN3. The van der Waals surface area contributed by atoms with Gasteiger partial charge in [0.2, 0.25) is 0 Å². The van der Waals surface area contributed by atoms with Crippen molar-refractivity contribution in [1.29, 1.82) is 0 Å². The Labute approximate surface area is 416 Å². The molecule has 0 saturated carbocycles. The summed E-state index contributed by atoms with van der Waals surface area (Å²) in [5.74, 6) is 0. The number of rotatable bonds is 3. The van der Waals surface area contributed by atoms with E-state index in [0.717, 1.165) is 5.69 Å². The van der Waals surface area contributed by atoms with Gasteiger partial charge in [-0.3, -0.25) is 0 Å². The van der Waals surface area contributed by atoms with Gasteiger partial charge in [0.1, 0.15) is 0 Å². The molecule has 0 saturated heterocycles. The van der Waals surface area contributed by atoms with Crippen LogP contribution in [-0.2, 0) is 21.7 Å². The highest BCUT2D eigenvalue weighted by Gasteiger charge is 2.49. The average molecular weight is 912 g/mol. The highest BCUT2D eigenvalue weighted by molar-refractivity contribution is 7.00. The van der Waals surface area contributed by atoms with E-state index in [1.54, 1.807) is 0 Å². The minimum Gasteiger partial charge on any atom is -0.311 e. The third-order valence-electron chi connectivity index (χ3n) is 16.1. The molecule has 0 radical (unpaired) electrons. The largest absolute Gasteiger partial charge is 0.311 e. The van der Waals surface area contributed by atoms with Crippen LogP contribution in [0.5, 0.6) is 0 Å². The third-order valence-corrected chi connectivity index (χ3v) is 16.1. The van der Waals surface area contributed by atoms with Crippen molar-refractivity contribution in [1.82, 2.24) is 4.57 Å². The summed E-state index contributed by atoms with van der Waals surface area (Å²) in [5.41, 5.74) is 27.9. The topological polar surface area (TPSA) is 11.4 Å². The number of fused-ring (bicyclic) bond motifs is 10. The standard InChI is InChI=1S/C66H66BN3/c1-39-19-30-54-48(33-39)49-34-40(2)20-31-55(49)70(54)62-59-50(47-17-15-16-18-51(47)66(59,13)14)38-53-61(62)69(46-28-23-43(24-29-46)64(7,8)9)58-36-41(3)35-57-60(58)67(53)52-37-44(65(10,11)12)25-32-56(52)68(57)45-26-21-42(22-27-45)63(4,5)6/h15-38H,1-14H3. The van der Waals surface area contributed by atoms with Crippen molar-refractivity contribution in [2.24, 2.45) is 0 Å². The summed E-state index contributed by atoms with van der Waals surface area (Å²) >= 11 is 0. The first kappa shape index (κ1) is 44.4. The first-order chi connectivity index (χ1) is 33.1. The predicted octanol–water partition coefficient (Wildman–Crippen LogP) is 16.0. The van der Waals surface area contributed by atoms with Gasteiger partial charge < -0.3 is 14.4 Å². The lowest BCUT2D eigenvalue weighted by Gasteiger charge is -2.46. The van der Waals surface area contributed by atoms with Crippen LogP contribution < -0.4 is 26.2 Å². The van der Waals surface area contributed by atoms with E-state index in [1.165, 1.54) is 128 Å². The Bertz CT molecular complexity index is 3600. The predicted molar refractivity (Wildman–Crippen MR) is 303 cm³/mol. The maximum Gasteiger partial charge on any atom is 0.252 e. The van der Waals surface area contributed by atoms with Crippen molar-refractivity contribution in [3.8, 4) is 16.8 Å². The first-order valence-electron chi connectivity index (χ1n) is 25.5. The molecule has 0 fully saturated rings. The molecule has 8 aromatic carbocycles. The van der Waals surface area contributed by atoms with Crippen LogP contribution >= 0.6 is 0 Å². The molecule has 0 atom stereocenters. The molecule has 3 nitrogen and oxygen atoms in total. The van der Waals surface area contributed by atoms with Crippen molar-refractivity contribution in [2.75, 3.05) is 9.80 Å². The van der Waals surface area contributed by atoms with E-state index in [-0.39, 0.29) is 28.4 Å². The fraction of sp³-hybridized carbons (Fsp3) is 0.273. The summed E-state index contributed by atoms with van der Waals surface area (Å²) < 4.78 is 2.67. The number of hydrogen-bond donors (Lipinski definition) is 0. The van der Waals surface area contributed by atoms with Gasteiger partial charge in [0.05, 0.1) is 22.4 Å². The van der Waals surface area contributed by atoms with Crippen LogP contribution in [0.3, 0.4) is 0 Å². The molecule has 3 heterocycles.